The van der Waals surface area contributed by atoms with Crippen LogP contribution < -0.4 is 15.0 Å². The molecule has 2 aromatic rings. The van der Waals surface area contributed by atoms with Crippen LogP contribution in [-0.4, -0.2) is 20.7 Å². The van der Waals surface area contributed by atoms with Gasteiger partial charge in [-0.25, -0.2) is 0 Å². The first-order chi connectivity index (χ1) is 10.2. The Hall–Kier alpha value is -1.52. The molecule has 2 rings (SSSR count). The molecule has 21 heavy (non-hydrogen) atoms. The van der Waals surface area contributed by atoms with E-state index in [1.807, 2.05) is 23.5 Å². The normalized spacial score (nSPS) is 10.6. The van der Waals surface area contributed by atoms with Crippen molar-refractivity contribution < 1.29 is 4.74 Å². The summed E-state index contributed by atoms with van der Waals surface area (Å²) in [7, 11) is 3.81. The van der Waals surface area contributed by atoms with Crippen LogP contribution >= 0.6 is 11.3 Å². The highest BCUT2D eigenvalue weighted by Crippen LogP contribution is 2.23. The molecule has 114 valence electrons. The first kappa shape index (κ1) is 15.9. The van der Waals surface area contributed by atoms with E-state index in [2.05, 4.69) is 48.5 Å². The van der Waals surface area contributed by atoms with Gasteiger partial charge in [0.25, 0.3) is 0 Å². The van der Waals surface area contributed by atoms with Crippen LogP contribution in [0.2, 0.25) is 0 Å². The highest BCUT2D eigenvalue weighted by atomic mass is 32.1. The number of hydrogen-bond acceptors (Lipinski definition) is 4. The molecule has 4 heteroatoms. The second-order valence-electron chi connectivity index (χ2n) is 5.10. The molecule has 0 saturated carbocycles. The third-order valence-electron chi connectivity index (χ3n) is 3.35. The second kappa shape index (κ2) is 8.05. The van der Waals surface area contributed by atoms with Gasteiger partial charge < -0.3 is 15.0 Å². The Morgan fingerprint density at radius 2 is 1.81 bits per heavy atom. The van der Waals surface area contributed by atoms with E-state index >= 15 is 0 Å². The van der Waals surface area contributed by atoms with Gasteiger partial charge in [0.05, 0.1) is 13.7 Å². The highest BCUT2D eigenvalue weighted by molar-refractivity contribution is 7.12. The second-order valence-corrected chi connectivity index (χ2v) is 6.35. The molecule has 3 nitrogen and oxygen atoms in total. The van der Waals surface area contributed by atoms with Crippen molar-refractivity contribution in [2.45, 2.75) is 26.4 Å². The van der Waals surface area contributed by atoms with Crippen molar-refractivity contribution in [1.29, 1.82) is 0 Å². The third kappa shape index (κ3) is 4.76. The predicted octanol–water partition coefficient (Wildman–Crippen LogP) is 3.89. The van der Waals surface area contributed by atoms with Crippen LogP contribution in [0.4, 0.5) is 5.69 Å². The Balaban J connectivity index is 1.90. The minimum Gasteiger partial charge on any atom is -0.497 e. The quantitative estimate of drug-likeness (QED) is 0.749. The molecule has 0 unspecified atom stereocenters. The summed E-state index contributed by atoms with van der Waals surface area (Å²) in [6.07, 6.45) is 1.18. The molecule has 0 bridgehead atoms. The molecule has 0 spiro atoms. The van der Waals surface area contributed by atoms with E-state index in [0.717, 1.165) is 25.4 Å². The van der Waals surface area contributed by atoms with Gasteiger partial charge in [-0.15, -0.1) is 11.3 Å². The van der Waals surface area contributed by atoms with Gasteiger partial charge >= 0.3 is 0 Å². The molecular formula is C17H24N2OS. The number of ether oxygens (including phenoxy) is 1. The van der Waals surface area contributed by atoms with Crippen LogP contribution in [0.3, 0.4) is 0 Å². The van der Waals surface area contributed by atoms with Crippen molar-refractivity contribution in [1.82, 2.24) is 5.32 Å². The van der Waals surface area contributed by atoms with E-state index in [0.29, 0.717) is 0 Å². The summed E-state index contributed by atoms with van der Waals surface area (Å²) in [4.78, 5) is 5.05. The van der Waals surface area contributed by atoms with E-state index in [-0.39, 0.29) is 0 Å². The lowest BCUT2D eigenvalue weighted by molar-refractivity contribution is 0.415. The predicted molar refractivity (Wildman–Crippen MR) is 91.4 cm³/mol. The Labute approximate surface area is 131 Å². The van der Waals surface area contributed by atoms with E-state index in [1.54, 1.807) is 7.11 Å². The summed E-state index contributed by atoms with van der Waals surface area (Å²) in [5, 5.41) is 3.45. The molecular weight excluding hydrogens is 280 g/mol. The van der Waals surface area contributed by atoms with Gasteiger partial charge in [-0.2, -0.15) is 0 Å². The Morgan fingerprint density at radius 3 is 2.48 bits per heavy atom. The number of thiophene rings is 1. The molecule has 0 aliphatic heterocycles. The van der Waals surface area contributed by atoms with E-state index < -0.39 is 0 Å². The van der Waals surface area contributed by atoms with Gasteiger partial charge in [0.15, 0.2) is 0 Å². The maximum absolute atomic E-state index is 5.19. The summed E-state index contributed by atoms with van der Waals surface area (Å²) < 4.78 is 5.19. The Bertz CT molecular complexity index is 536. The third-order valence-corrected chi connectivity index (χ3v) is 4.42. The van der Waals surface area contributed by atoms with Crippen molar-refractivity contribution in [2.75, 3.05) is 25.6 Å². The average molecular weight is 304 g/mol. The summed E-state index contributed by atoms with van der Waals surface area (Å²) in [5.41, 5.74) is 1.20. The summed E-state index contributed by atoms with van der Waals surface area (Å²) >= 11 is 1.89. The highest BCUT2D eigenvalue weighted by Gasteiger charge is 2.05. The van der Waals surface area contributed by atoms with Gasteiger partial charge in [0.2, 0.25) is 0 Å². The maximum atomic E-state index is 5.19. The van der Waals surface area contributed by atoms with E-state index in [9.17, 15) is 0 Å². The average Bonchev–Trinajstić information content (AvgIpc) is 2.95. The van der Waals surface area contributed by atoms with Crippen molar-refractivity contribution in [2.24, 2.45) is 0 Å². The maximum Gasteiger partial charge on any atom is 0.119 e. The molecule has 1 aromatic heterocycles. The molecule has 0 radical (unpaired) electrons. The van der Waals surface area contributed by atoms with Gasteiger partial charge in [-0.3, -0.25) is 0 Å². The minimum atomic E-state index is 0.896. The van der Waals surface area contributed by atoms with Gasteiger partial charge in [-0.1, -0.05) is 6.92 Å². The Morgan fingerprint density at radius 1 is 1.10 bits per heavy atom. The standard InChI is InChI=1S/C17H24N2OS/c1-4-11-18-12-16-9-10-17(21-16)13-19(2)14-5-7-15(20-3)8-6-14/h5-10,18H,4,11-13H2,1-3H3. The summed E-state index contributed by atoms with van der Waals surface area (Å²) in [5.74, 6) is 0.896. The minimum absolute atomic E-state index is 0.896. The van der Waals surface area contributed by atoms with Crippen LogP contribution in [0.1, 0.15) is 23.1 Å². The fraction of sp³-hybridized carbons (Fsp3) is 0.412. The fourth-order valence-corrected chi connectivity index (χ4v) is 3.19. The number of anilines is 1. The molecule has 1 aromatic carbocycles. The molecule has 0 fully saturated rings. The zero-order valence-electron chi connectivity index (χ0n) is 13.1. The van der Waals surface area contributed by atoms with Crippen LogP contribution in [0.15, 0.2) is 36.4 Å². The van der Waals surface area contributed by atoms with Gasteiger partial charge in [0, 0.05) is 29.0 Å². The van der Waals surface area contributed by atoms with Crippen molar-refractivity contribution in [3.8, 4) is 5.75 Å². The van der Waals surface area contributed by atoms with Gasteiger partial charge in [-0.05, 0) is 49.4 Å². The topological polar surface area (TPSA) is 24.5 Å². The lowest BCUT2D eigenvalue weighted by atomic mass is 10.2. The van der Waals surface area contributed by atoms with E-state index in [4.69, 9.17) is 4.74 Å². The molecule has 1 N–H and O–H groups in total. The van der Waals surface area contributed by atoms with Crippen LogP contribution in [0.5, 0.6) is 5.75 Å². The lowest BCUT2D eigenvalue weighted by Crippen LogP contribution is -2.15. The number of methoxy groups -OCH3 is 1. The number of benzene rings is 1. The first-order valence-electron chi connectivity index (χ1n) is 7.36. The molecule has 0 atom stereocenters. The largest absolute Gasteiger partial charge is 0.497 e. The molecule has 1 heterocycles. The molecule has 0 aliphatic rings. The SMILES string of the molecule is CCCNCc1ccc(CN(C)c2ccc(OC)cc2)s1. The number of rotatable bonds is 8. The van der Waals surface area contributed by atoms with E-state index in [1.165, 1.54) is 21.9 Å². The summed E-state index contributed by atoms with van der Waals surface area (Å²) in [6, 6.07) is 12.6. The zero-order chi connectivity index (χ0) is 15.1. The number of hydrogen-bond donors (Lipinski definition) is 1. The van der Waals surface area contributed by atoms with Crippen LogP contribution in [-0.2, 0) is 13.1 Å². The summed E-state index contributed by atoms with van der Waals surface area (Å²) in [6.45, 7) is 5.19. The van der Waals surface area contributed by atoms with Crippen LogP contribution in [0, 0.1) is 0 Å². The van der Waals surface area contributed by atoms with Crippen molar-refractivity contribution >= 4 is 17.0 Å². The molecule has 0 aliphatic carbocycles. The monoisotopic (exact) mass is 304 g/mol. The Kier molecular flexibility index (Phi) is 6.08. The van der Waals surface area contributed by atoms with Crippen molar-refractivity contribution in [3.63, 3.8) is 0 Å². The zero-order valence-corrected chi connectivity index (χ0v) is 13.9. The molecule has 0 amide bonds. The number of nitrogens with one attached hydrogen (secondary N) is 1. The van der Waals surface area contributed by atoms with Crippen LogP contribution in [0.25, 0.3) is 0 Å². The fourth-order valence-electron chi connectivity index (χ4n) is 2.15. The van der Waals surface area contributed by atoms with Crippen molar-refractivity contribution in [3.05, 3.63) is 46.2 Å². The first-order valence-corrected chi connectivity index (χ1v) is 8.18. The molecule has 0 saturated heterocycles. The smallest absolute Gasteiger partial charge is 0.119 e. The number of nitrogens with zero attached hydrogens (tertiary/aromatic N) is 1. The van der Waals surface area contributed by atoms with Gasteiger partial charge in [0.1, 0.15) is 5.75 Å². The lowest BCUT2D eigenvalue weighted by Gasteiger charge is -2.18.